The second-order valence-electron chi connectivity index (χ2n) is 7.79. The minimum atomic E-state index is -3.72. The van der Waals surface area contributed by atoms with E-state index in [9.17, 15) is 13.2 Å². The van der Waals surface area contributed by atoms with E-state index in [1.54, 1.807) is 36.1 Å². The fraction of sp³-hybridized carbons (Fsp3) is 0.240. The summed E-state index contributed by atoms with van der Waals surface area (Å²) < 4.78 is 27.7. The first kappa shape index (κ1) is 23.1. The van der Waals surface area contributed by atoms with Crippen LogP contribution in [-0.2, 0) is 10.0 Å². The minimum absolute atomic E-state index is 0.0925. The van der Waals surface area contributed by atoms with Gasteiger partial charge in [-0.15, -0.1) is 0 Å². The van der Waals surface area contributed by atoms with Crippen LogP contribution in [0.1, 0.15) is 17.3 Å². The number of hydrogen-bond donors (Lipinski definition) is 0. The smallest absolute Gasteiger partial charge is 0.264 e. The lowest BCUT2D eigenvalue weighted by Gasteiger charge is -2.36. The zero-order valence-electron chi connectivity index (χ0n) is 18.4. The molecule has 0 aliphatic carbocycles. The maximum atomic E-state index is 13.2. The molecule has 0 N–H and O–H groups in total. The van der Waals surface area contributed by atoms with Gasteiger partial charge in [0, 0.05) is 49.0 Å². The molecule has 1 saturated heterocycles. The van der Waals surface area contributed by atoms with Crippen molar-refractivity contribution in [2.24, 2.45) is 0 Å². The first-order valence-corrected chi connectivity index (χ1v) is 12.7. The molecule has 1 aliphatic rings. The van der Waals surface area contributed by atoms with Gasteiger partial charge in [-0.05, 0) is 67.6 Å². The molecule has 0 radical (unpaired) electrons. The fourth-order valence-electron chi connectivity index (χ4n) is 3.98. The number of piperazine rings is 1. The first-order chi connectivity index (χ1) is 15.9. The van der Waals surface area contributed by atoms with Gasteiger partial charge in [0.05, 0.1) is 10.6 Å². The van der Waals surface area contributed by atoms with Crippen molar-refractivity contribution in [1.29, 1.82) is 0 Å². The third-order valence-electron chi connectivity index (χ3n) is 5.78. The number of anilines is 2. The monoisotopic (exact) mass is 483 g/mol. The van der Waals surface area contributed by atoms with Gasteiger partial charge >= 0.3 is 0 Å². The van der Waals surface area contributed by atoms with Gasteiger partial charge in [0.2, 0.25) is 0 Å². The minimum Gasteiger partial charge on any atom is -0.368 e. The quantitative estimate of drug-likeness (QED) is 0.517. The molecule has 3 aromatic carbocycles. The predicted octanol–water partition coefficient (Wildman–Crippen LogP) is 4.52. The number of halogens is 1. The molecule has 6 nitrogen and oxygen atoms in total. The Morgan fingerprint density at radius 2 is 1.48 bits per heavy atom. The Hall–Kier alpha value is -3.03. The number of amides is 1. The molecule has 0 atom stereocenters. The summed E-state index contributed by atoms with van der Waals surface area (Å²) in [6.07, 6.45) is 0. The van der Waals surface area contributed by atoms with Crippen molar-refractivity contribution in [3.05, 3.63) is 89.4 Å². The maximum Gasteiger partial charge on any atom is 0.264 e. The number of rotatable bonds is 6. The van der Waals surface area contributed by atoms with Crippen LogP contribution in [0.15, 0.2) is 83.8 Å². The van der Waals surface area contributed by atoms with E-state index in [4.69, 9.17) is 11.6 Å². The highest BCUT2D eigenvalue weighted by Crippen LogP contribution is 2.24. The van der Waals surface area contributed by atoms with Crippen molar-refractivity contribution in [3.63, 3.8) is 0 Å². The van der Waals surface area contributed by atoms with Crippen LogP contribution in [0.4, 0.5) is 11.4 Å². The number of para-hydroxylation sites is 1. The van der Waals surface area contributed by atoms with Gasteiger partial charge in [0.25, 0.3) is 15.9 Å². The zero-order chi connectivity index (χ0) is 23.4. The van der Waals surface area contributed by atoms with Crippen molar-refractivity contribution >= 4 is 38.9 Å². The molecule has 0 spiro atoms. The average Bonchev–Trinajstić information content (AvgIpc) is 2.85. The molecular formula is C25H26ClN3O3S. The molecule has 1 heterocycles. The molecule has 1 aliphatic heterocycles. The first-order valence-electron chi connectivity index (χ1n) is 10.9. The standard InChI is InChI=1S/C25H26ClN3O3S/c1-2-29(23-6-4-3-5-7-23)33(31,32)24-14-8-20(9-15-24)25(30)28-18-16-27(17-19-28)22-12-10-21(26)11-13-22/h3-15H,2,16-19H2,1H3. The zero-order valence-corrected chi connectivity index (χ0v) is 20.0. The molecule has 1 fully saturated rings. The van der Waals surface area contributed by atoms with Crippen LogP contribution in [0.5, 0.6) is 0 Å². The van der Waals surface area contributed by atoms with Crippen molar-refractivity contribution in [2.45, 2.75) is 11.8 Å². The molecule has 3 aromatic rings. The van der Waals surface area contributed by atoms with Gasteiger partial charge in [-0.1, -0.05) is 29.8 Å². The maximum absolute atomic E-state index is 13.2. The van der Waals surface area contributed by atoms with Gasteiger partial charge in [-0.25, -0.2) is 8.42 Å². The molecule has 4 rings (SSSR count). The SMILES string of the molecule is CCN(c1ccccc1)S(=O)(=O)c1ccc(C(=O)N2CCN(c3ccc(Cl)cc3)CC2)cc1. The molecule has 0 unspecified atom stereocenters. The van der Waals surface area contributed by atoms with Gasteiger partial charge in [0.1, 0.15) is 0 Å². The molecule has 0 bridgehead atoms. The van der Waals surface area contributed by atoms with Crippen LogP contribution in [0.25, 0.3) is 0 Å². The molecule has 0 saturated carbocycles. The molecule has 172 valence electrons. The lowest BCUT2D eigenvalue weighted by molar-refractivity contribution is 0.0746. The van der Waals surface area contributed by atoms with Crippen LogP contribution < -0.4 is 9.21 Å². The Labute approximate surface area is 200 Å². The van der Waals surface area contributed by atoms with E-state index in [0.29, 0.717) is 35.9 Å². The summed E-state index contributed by atoms with van der Waals surface area (Å²) in [5.74, 6) is -0.0925. The fourth-order valence-corrected chi connectivity index (χ4v) is 5.58. The molecule has 1 amide bonds. The largest absolute Gasteiger partial charge is 0.368 e. The van der Waals surface area contributed by atoms with Gasteiger partial charge in [0.15, 0.2) is 0 Å². The topological polar surface area (TPSA) is 60.9 Å². The van der Waals surface area contributed by atoms with Crippen molar-refractivity contribution in [1.82, 2.24) is 4.90 Å². The van der Waals surface area contributed by atoms with Crippen LogP contribution in [0.2, 0.25) is 5.02 Å². The van der Waals surface area contributed by atoms with E-state index in [1.165, 1.54) is 16.4 Å². The van der Waals surface area contributed by atoms with Crippen LogP contribution in [0, 0.1) is 0 Å². The third-order valence-corrected chi connectivity index (χ3v) is 7.95. The Bertz CT molecular complexity index is 1190. The highest BCUT2D eigenvalue weighted by atomic mass is 35.5. The summed E-state index contributed by atoms with van der Waals surface area (Å²) in [6.45, 7) is 4.75. The van der Waals surface area contributed by atoms with Crippen molar-refractivity contribution < 1.29 is 13.2 Å². The number of benzene rings is 3. The van der Waals surface area contributed by atoms with E-state index in [0.717, 1.165) is 18.8 Å². The van der Waals surface area contributed by atoms with Gasteiger partial charge < -0.3 is 9.80 Å². The molecule has 33 heavy (non-hydrogen) atoms. The summed E-state index contributed by atoms with van der Waals surface area (Å²) >= 11 is 5.97. The Balaban J connectivity index is 1.44. The number of carbonyl (C=O) groups is 1. The Morgan fingerprint density at radius 3 is 2.06 bits per heavy atom. The molecule has 8 heteroatoms. The van der Waals surface area contributed by atoms with Crippen LogP contribution in [0.3, 0.4) is 0 Å². The summed E-state index contributed by atoms with van der Waals surface area (Å²) in [7, 11) is -3.72. The lowest BCUT2D eigenvalue weighted by Crippen LogP contribution is -2.48. The summed E-state index contributed by atoms with van der Waals surface area (Å²) in [5, 5.41) is 0.698. The molecular weight excluding hydrogens is 458 g/mol. The summed E-state index contributed by atoms with van der Waals surface area (Å²) in [4.78, 5) is 17.2. The number of nitrogens with zero attached hydrogens (tertiary/aromatic N) is 3. The molecule has 0 aromatic heterocycles. The number of hydrogen-bond acceptors (Lipinski definition) is 4. The highest BCUT2D eigenvalue weighted by molar-refractivity contribution is 7.92. The lowest BCUT2D eigenvalue weighted by atomic mass is 10.1. The number of sulfonamides is 1. The summed E-state index contributed by atoms with van der Waals surface area (Å²) in [6, 6.07) is 22.9. The van der Waals surface area contributed by atoms with E-state index in [2.05, 4.69) is 4.90 Å². The second kappa shape index (κ2) is 9.85. The van der Waals surface area contributed by atoms with Crippen molar-refractivity contribution in [2.75, 3.05) is 41.9 Å². The highest BCUT2D eigenvalue weighted by Gasteiger charge is 2.25. The van der Waals surface area contributed by atoms with E-state index >= 15 is 0 Å². The normalized spacial score (nSPS) is 14.2. The second-order valence-corrected chi connectivity index (χ2v) is 10.1. The Morgan fingerprint density at radius 1 is 0.879 bits per heavy atom. The van der Waals surface area contributed by atoms with E-state index in [-0.39, 0.29) is 10.8 Å². The van der Waals surface area contributed by atoms with Crippen molar-refractivity contribution in [3.8, 4) is 0 Å². The predicted molar refractivity (Wildman–Crippen MR) is 133 cm³/mol. The Kier molecular flexibility index (Phi) is 6.91. The van der Waals surface area contributed by atoms with Crippen LogP contribution >= 0.6 is 11.6 Å². The van der Waals surface area contributed by atoms with E-state index < -0.39 is 10.0 Å². The van der Waals surface area contributed by atoms with Gasteiger partial charge in [-0.2, -0.15) is 0 Å². The van der Waals surface area contributed by atoms with Crippen LogP contribution in [-0.4, -0.2) is 51.9 Å². The van der Waals surface area contributed by atoms with Gasteiger partial charge in [-0.3, -0.25) is 9.10 Å². The average molecular weight is 484 g/mol. The summed E-state index contributed by atoms with van der Waals surface area (Å²) in [5.41, 5.74) is 2.18. The third kappa shape index (κ3) is 4.99. The number of carbonyl (C=O) groups excluding carboxylic acids is 1. The van der Waals surface area contributed by atoms with E-state index in [1.807, 2.05) is 42.5 Å².